The number of halogens is 3. The predicted molar refractivity (Wildman–Crippen MR) is 59.7 cm³/mol. The highest BCUT2D eigenvalue weighted by Crippen LogP contribution is 2.31. The van der Waals surface area contributed by atoms with E-state index in [9.17, 15) is 13.2 Å². The summed E-state index contributed by atoms with van der Waals surface area (Å²) in [4.78, 5) is 3.66. The SMILES string of the molecule is COC1=CCNC(c2cncc(C(F)(F)F)c2)C1. The van der Waals surface area contributed by atoms with Crippen molar-refractivity contribution >= 4 is 0 Å². The lowest BCUT2D eigenvalue weighted by Gasteiger charge is -2.24. The largest absolute Gasteiger partial charge is 0.501 e. The second-order valence-electron chi connectivity index (χ2n) is 4.04. The maximum atomic E-state index is 12.6. The standard InChI is InChI=1S/C12H13F3N2O/c1-18-10-2-3-17-11(5-10)8-4-9(7-16-6-8)12(13,14)15/h2,4,6-7,11,17H,3,5H2,1H3. The molecule has 1 aliphatic rings. The van der Waals surface area contributed by atoms with E-state index in [4.69, 9.17) is 4.74 Å². The number of aromatic nitrogens is 1. The Morgan fingerprint density at radius 2 is 2.17 bits per heavy atom. The van der Waals surface area contributed by atoms with Crippen LogP contribution in [0.4, 0.5) is 13.2 Å². The topological polar surface area (TPSA) is 34.1 Å². The third-order valence-electron chi connectivity index (χ3n) is 2.85. The van der Waals surface area contributed by atoms with Gasteiger partial charge in [0.05, 0.1) is 18.4 Å². The molecule has 1 aromatic heterocycles. The molecule has 0 spiro atoms. The number of alkyl halides is 3. The van der Waals surface area contributed by atoms with Gasteiger partial charge in [0.15, 0.2) is 0 Å². The van der Waals surface area contributed by atoms with Crippen molar-refractivity contribution < 1.29 is 17.9 Å². The summed E-state index contributed by atoms with van der Waals surface area (Å²) in [5, 5.41) is 3.11. The molecule has 1 aliphatic heterocycles. The number of hydrogen-bond donors (Lipinski definition) is 1. The molecule has 1 aromatic rings. The molecule has 0 aromatic carbocycles. The molecule has 18 heavy (non-hydrogen) atoms. The first-order valence-electron chi connectivity index (χ1n) is 5.49. The molecule has 3 nitrogen and oxygen atoms in total. The zero-order valence-corrected chi connectivity index (χ0v) is 9.79. The third-order valence-corrected chi connectivity index (χ3v) is 2.85. The fourth-order valence-electron chi connectivity index (χ4n) is 1.88. The number of nitrogens with zero attached hydrogens (tertiary/aromatic N) is 1. The molecule has 0 aliphatic carbocycles. The zero-order chi connectivity index (χ0) is 13.2. The molecule has 0 saturated carbocycles. The van der Waals surface area contributed by atoms with Crippen LogP contribution in [0.2, 0.25) is 0 Å². The van der Waals surface area contributed by atoms with Crippen LogP contribution in [-0.4, -0.2) is 18.6 Å². The van der Waals surface area contributed by atoms with Crippen LogP contribution < -0.4 is 5.32 Å². The summed E-state index contributed by atoms with van der Waals surface area (Å²) in [6.07, 6.45) is 0.319. The van der Waals surface area contributed by atoms with E-state index < -0.39 is 11.7 Å². The normalized spacial score (nSPS) is 20.4. The van der Waals surface area contributed by atoms with Gasteiger partial charge in [0.1, 0.15) is 0 Å². The minimum absolute atomic E-state index is 0.195. The summed E-state index contributed by atoms with van der Waals surface area (Å²) in [5.74, 6) is 0.774. The maximum absolute atomic E-state index is 12.6. The lowest BCUT2D eigenvalue weighted by atomic mass is 10.0. The Balaban J connectivity index is 2.22. The minimum Gasteiger partial charge on any atom is -0.501 e. The van der Waals surface area contributed by atoms with Crippen LogP contribution in [0.15, 0.2) is 30.3 Å². The van der Waals surface area contributed by atoms with Gasteiger partial charge in [-0.15, -0.1) is 0 Å². The van der Waals surface area contributed by atoms with E-state index in [1.807, 2.05) is 6.08 Å². The van der Waals surface area contributed by atoms with E-state index in [0.29, 0.717) is 18.5 Å². The molecule has 98 valence electrons. The molecule has 0 radical (unpaired) electrons. The fourth-order valence-corrected chi connectivity index (χ4v) is 1.88. The summed E-state index contributed by atoms with van der Waals surface area (Å²) in [6.45, 7) is 0.573. The van der Waals surface area contributed by atoms with Crippen LogP contribution in [0.25, 0.3) is 0 Å². The van der Waals surface area contributed by atoms with Crippen molar-refractivity contribution in [1.82, 2.24) is 10.3 Å². The predicted octanol–water partition coefficient (Wildman–Crippen LogP) is 2.67. The van der Waals surface area contributed by atoms with E-state index >= 15 is 0 Å². The summed E-state index contributed by atoms with van der Waals surface area (Å²) in [5.41, 5.74) is -0.206. The smallest absolute Gasteiger partial charge is 0.417 e. The molecule has 0 fully saturated rings. The Morgan fingerprint density at radius 3 is 2.83 bits per heavy atom. The lowest BCUT2D eigenvalue weighted by Crippen LogP contribution is -2.26. The first kappa shape index (κ1) is 12.9. The summed E-state index contributed by atoms with van der Waals surface area (Å²) >= 11 is 0. The van der Waals surface area contributed by atoms with Gasteiger partial charge in [-0.1, -0.05) is 0 Å². The number of nitrogens with one attached hydrogen (secondary N) is 1. The van der Waals surface area contributed by atoms with E-state index in [1.165, 1.54) is 6.20 Å². The van der Waals surface area contributed by atoms with Gasteiger partial charge in [-0.2, -0.15) is 13.2 Å². The summed E-state index contributed by atoms with van der Waals surface area (Å²) < 4.78 is 42.9. The highest BCUT2D eigenvalue weighted by atomic mass is 19.4. The molecule has 0 amide bonds. The molecular weight excluding hydrogens is 245 g/mol. The van der Waals surface area contributed by atoms with Crippen LogP contribution in [0.3, 0.4) is 0 Å². The average molecular weight is 258 g/mol. The quantitative estimate of drug-likeness (QED) is 0.885. The van der Waals surface area contributed by atoms with Gasteiger partial charge in [-0.25, -0.2) is 0 Å². The van der Waals surface area contributed by atoms with E-state index in [0.717, 1.165) is 18.0 Å². The Hall–Kier alpha value is -1.56. The highest BCUT2D eigenvalue weighted by Gasteiger charge is 2.31. The van der Waals surface area contributed by atoms with Crippen LogP contribution in [0, 0.1) is 0 Å². The second kappa shape index (κ2) is 4.97. The lowest BCUT2D eigenvalue weighted by molar-refractivity contribution is -0.137. The summed E-state index contributed by atoms with van der Waals surface area (Å²) in [6, 6.07) is 0.934. The highest BCUT2D eigenvalue weighted by molar-refractivity contribution is 5.25. The minimum atomic E-state index is -4.36. The Kier molecular flexibility index (Phi) is 3.56. The van der Waals surface area contributed by atoms with Crippen molar-refractivity contribution in [3.8, 4) is 0 Å². The molecule has 0 bridgehead atoms. The zero-order valence-electron chi connectivity index (χ0n) is 9.79. The first-order valence-corrected chi connectivity index (χ1v) is 5.49. The summed E-state index contributed by atoms with van der Waals surface area (Å²) in [7, 11) is 1.55. The van der Waals surface area contributed by atoms with Gasteiger partial charge in [0.25, 0.3) is 0 Å². The van der Waals surface area contributed by atoms with Crippen LogP contribution >= 0.6 is 0 Å². The molecule has 6 heteroatoms. The molecule has 1 atom stereocenters. The number of methoxy groups -OCH3 is 1. The maximum Gasteiger partial charge on any atom is 0.417 e. The number of pyridine rings is 1. The molecular formula is C12H13F3N2O. The van der Waals surface area contributed by atoms with E-state index in [1.54, 1.807) is 7.11 Å². The van der Waals surface area contributed by atoms with Crippen molar-refractivity contribution in [2.75, 3.05) is 13.7 Å². The van der Waals surface area contributed by atoms with Gasteiger partial charge in [0, 0.05) is 31.4 Å². The van der Waals surface area contributed by atoms with Gasteiger partial charge in [0.2, 0.25) is 0 Å². The number of ether oxygens (including phenoxy) is 1. The third kappa shape index (κ3) is 2.81. The molecule has 2 rings (SSSR count). The van der Waals surface area contributed by atoms with Crippen molar-refractivity contribution in [2.45, 2.75) is 18.6 Å². The van der Waals surface area contributed by atoms with Gasteiger partial charge >= 0.3 is 6.18 Å². The van der Waals surface area contributed by atoms with Gasteiger partial charge in [-0.05, 0) is 17.7 Å². The average Bonchev–Trinajstić information content (AvgIpc) is 2.38. The molecule has 1 N–H and O–H groups in total. The van der Waals surface area contributed by atoms with Crippen molar-refractivity contribution in [2.24, 2.45) is 0 Å². The van der Waals surface area contributed by atoms with E-state index in [2.05, 4.69) is 10.3 Å². The fraction of sp³-hybridized carbons (Fsp3) is 0.417. The Bertz CT molecular complexity index is 457. The monoisotopic (exact) mass is 258 g/mol. The van der Waals surface area contributed by atoms with Gasteiger partial charge < -0.3 is 10.1 Å². The van der Waals surface area contributed by atoms with Crippen molar-refractivity contribution in [1.29, 1.82) is 0 Å². The van der Waals surface area contributed by atoms with Crippen LogP contribution in [0.5, 0.6) is 0 Å². The first-order chi connectivity index (χ1) is 8.50. The second-order valence-corrected chi connectivity index (χ2v) is 4.04. The van der Waals surface area contributed by atoms with Gasteiger partial charge in [-0.3, -0.25) is 4.98 Å². The molecule has 0 saturated heterocycles. The van der Waals surface area contributed by atoms with Crippen molar-refractivity contribution in [3.05, 3.63) is 41.4 Å². The van der Waals surface area contributed by atoms with E-state index in [-0.39, 0.29) is 6.04 Å². The molecule has 1 unspecified atom stereocenters. The Labute approximate surface area is 103 Å². The van der Waals surface area contributed by atoms with Crippen LogP contribution in [-0.2, 0) is 10.9 Å². The number of hydrogen-bond acceptors (Lipinski definition) is 3. The van der Waals surface area contributed by atoms with Crippen LogP contribution in [0.1, 0.15) is 23.6 Å². The Morgan fingerprint density at radius 1 is 1.39 bits per heavy atom. The molecule has 2 heterocycles. The number of rotatable bonds is 2. The van der Waals surface area contributed by atoms with Crippen molar-refractivity contribution in [3.63, 3.8) is 0 Å².